The fraction of sp³-hybridized carbons (Fsp3) is 0.133. The van der Waals surface area contributed by atoms with E-state index in [-0.39, 0.29) is 17.4 Å². The van der Waals surface area contributed by atoms with Crippen LogP contribution in [0.4, 0.5) is 26.3 Å². The number of aryl methyl sites for hydroxylation is 1. The zero-order valence-corrected chi connectivity index (χ0v) is 20.2. The highest BCUT2D eigenvalue weighted by Crippen LogP contribution is 2.35. The van der Waals surface area contributed by atoms with Crippen molar-refractivity contribution in [2.45, 2.75) is 25.9 Å². The SMILES string of the molecule is CCCc1ccc(-c2ccc(C(F)(F)Oc3ccc(-c4ccc(OC=C(F)F)c(F)c4)c(F)c3)cc2)cc1. The number of hydrogen-bond acceptors (Lipinski definition) is 2. The molecule has 8 heteroatoms. The molecule has 2 nitrogen and oxygen atoms in total. The second-order valence-corrected chi connectivity index (χ2v) is 8.46. The van der Waals surface area contributed by atoms with Gasteiger partial charge in [0.05, 0.1) is 5.56 Å². The molecule has 0 saturated heterocycles. The fourth-order valence-corrected chi connectivity index (χ4v) is 3.88. The van der Waals surface area contributed by atoms with Crippen molar-refractivity contribution in [1.29, 1.82) is 0 Å². The van der Waals surface area contributed by atoms with E-state index >= 15 is 0 Å². The van der Waals surface area contributed by atoms with Crippen molar-refractivity contribution in [3.05, 3.63) is 120 Å². The first-order valence-electron chi connectivity index (χ1n) is 11.7. The predicted octanol–water partition coefficient (Wildman–Crippen LogP) is 9.50. The largest absolute Gasteiger partial charge is 0.456 e. The summed E-state index contributed by atoms with van der Waals surface area (Å²) >= 11 is 0. The Labute approximate surface area is 215 Å². The molecule has 0 heterocycles. The molecular weight excluding hydrogens is 506 g/mol. The summed E-state index contributed by atoms with van der Waals surface area (Å²) in [5.41, 5.74) is 2.38. The minimum absolute atomic E-state index is 0.0497. The highest BCUT2D eigenvalue weighted by molar-refractivity contribution is 5.66. The number of alkyl halides is 2. The van der Waals surface area contributed by atoms with Crippen LogP contribution >= 0.6 is 0 Å². The van der Waals surface area contributed by atoms with Crippen molar-refractivity contribution in [1.82, 2.24) is 0 Å². The molecule has 4 aromatic carbocycles. The van der Waals surface area contributed by atoms with E-state index in [2.05, 4.69) is 11.7 Å². The van der Waals surface area contributed by atoms with Crippen LogP contribution in [0.5, 0.6) is 11.5 Å². The van der Waals surface area contributed by atoms with Gasteiger partial charge < -0.3 is 9.47 Å². The quantitative estimate of drug-likeness (QED) is 0.159. The Balaban J connectivity index is 1.48. The lowest BCUT2D eigenvalue weighted by molar-refractivity contribution is -0.185. The highest BCUT2D eigenvalue weighted by Gasteiger charge is 2.34. The Bertz CT molecular complexity index is 1430. The summed E-state index contributed by atoms with van der Waals surface area (Å²) in [5, 5.41) is 0. The average Bonchev–Trinajstić information content (AvgIpc) is 2.88. The Morgan fingerprint density at radius 2 is 1.39 bits per heavy atom. The Morgan fingerprint density at radius 1 is 0.763 bits per heavy atom. The van der Waals surface area contributed by atoms with Gasteiger partial charge in [-0.1, -0.05) is 55.8 Å². The Morgan fingerprint density at radius 3 is 1.97 bits per heavy atom. The van der Waals surface area contributed by atoms with E-state index in [1.54, 1.807) is 12.1 Å². The van der Waals surface area contributed by atoms with Crippen LogP contribution in [-0.2, 0) is 12.5 Å². The van der Waals surface area contributed by atoms with Crippen LogP contribution in [0.1, 0.15) is 24.5 Å². The molecule has 0 spiro atoms. The zero-order chi connectivity index (χ0) is 27.3. The minimum Gasteiger partial charge on any atom is -0.456 e. The van der Waals surface area contributed by atoms with Crippen molar-refractivity contribution in [2.75, 3.05) is 0 Å². The van der Waals surface area contributed by atoms with Crippen LogP contribution < -0.4 is 9.47 Å². The first-order chi connectivity index (χ1) is 18.2. The van der Waals surface area contributed by atoms with Gasteiger partial charge in [0.15, 0.2) is 17.8 Å². The molecule has 38 heavy (non-hydrogen) atoms. The van der Waals surface area contributed by atoms with E-state index in [0.29, 0.717) is 0 Å². The number of ether oxygens (including phenoxy) is 2. The van der Waals surface area contributed by atoms with Gasteiger partial charge in [-0.3, -0.25) is 0 Å². The molecule has 0 aliphatic rings. The summed E-state index contributed by atoms with van der Waals surface area (Å²) in [4.78, 5) is 0. The van der Waals surface area contributed by atoms with Gasteiger partial charge >= 0.3 is 12.2 Å². The summed E-state index contributed by atoms with van der Waals surface area (Å²) in [6.45, 7) is 2.09. The maximum Gasteiger partial charge on any atom is 0.426 e. The van der Waals surface area contributed by atoms with Gasteiger partial charge in [0.25, 0.3) is 0 Å². The van der Waals surface area contributed by atoms with Crippen molar-refractivity contribution in [3.63, 3.8) is 0 Å². The Kier molecular flexibility index (Phi) is 8.10. The second-order valence-electron chi connectivity index (χ2n) is 8.46. The summed E-state index contributed by atoms with van der Waals surface area (Å²) in [6.07, 6.45) is -3.84. The van der Waals surface area contributed by atoms with Gasteiger partial charge in [-0.25, -0.2) is 8.78 Å². The summed E-state index contributed by atoms with van der Waals surface area (Å²) < 4.78 is 92.1. The van der Waals surface area contributed by atoms with Crippen LogP contribution in [0.2, 0.25) is 0 Å². The molecule has 0 N–H and O–H groups in total. The van der Waals surface area contributed by atoms with Crippen molar-refractivity contribution < 1.29 is 35.8 Å². The monoisotopic (exact) mass is 528 g/mol. The van der Waals surface area contributed by atoms with Crippen molar-refractivity contribution >= 4 is 0 Å². The molecule has 0 amide bonds. The van der Waals surface area contributed by atoms with Gasteiger partial charge in [0, 0.05) is 11.6 Å². The average molecular weight is 528 g/mol. The summed E-state index contributed by atoms with van der Waals surface area (Å²) in [7, 11) is 0. The third kappa shape index (κ3) is 6.37. The molecule has 4 aromatic rings. The Hall–Kier alpha value is -4.20. The van der Waals surface area contributed by atoms with Crippen LogP contribution in [0.25, 0.3) is 22.3 Å². The number of benzene rings is 4. The molecule has 0 aliphatic heterocycles. The van der Waals surface area contributed by atoms with E-state index in [1.807, 2.05) is 24.3 Å². The van der Waals surface area contributed by atoms with E-state index in [9.17, 15) is 26.3 Å². The van der Waals surface area contributed by atoms with E-state index < -0.39 is 40.9 Å². The number of hydrogen-bond donors (Lipinski definition) is 0. The first-order valence-corrected chi connectivity index (χ1v) is 11.7. The first kappa shape index (κ1) is 26.9. The van der Waals surface area contributed by atoms with Crippen LogP contribution in [0.3, 0.4) is 0 Å². The smallest absolute Gasteiger partial charge is 0.426 e. The molecule has 0 aromatic heterocycles. The third-order valence-electron chi connectivity index (χ3n) is 5.75. The maximum absolute atomic E-state index is 14.8. The van der Waals surface area contributed by atoms with Gasteiger partial charge in [-0.2, -0.15) is 17.6 Å². The summed E-state index contributed by atoms with van der Waals surface area (Å²) in [6, 6.07) is 19.7. The van der Waals surface area contributed by atoms with Gasteiger partial charge in [-0.15, -0.1) is 0 Å². The molecule has 0 aliphatic carbocycles. The van der Waals surface area contributed by atoms with Crippen LogP contribution in [-0.4, -0.2) is 0 Å². The molecular formula is C30H22F6O2. The lowest BCUT2D eigenvalue weighted by Gasteiger charge is -2.19. The molecule has 196 valence electrons. The molecule has 0 bridgehead atoms. The van der Waals surface area contributed by atoms with Gasteiger partial charge in [0.1, 0.15) is 11.6 Å². The zero-order valence-electron chi connectivity index (χ0n) is 20.2. The minimum atomic E-state index is -3.75. The number of halogens is 6. The maximum atomic E-state index is 14.8. The van der Waals surface area contributed by atoms with Crippen LogP contribution in [0, 0.1) is 11.6 Å². The fourth-order valence-electron chi connectivity index (χ4n) is 3.88. The molecule has 0 atom stereocenters. The molecule has 4 rings (SSSR count). The molecule has 0 saturated carbocycles. The lowest BCUT2D eigenvalue weighted by atomic mass is 10.0. The standard InChI is InChI=1S/C30H22F6O2/c1-2-3-19-4-6-20(7-5-19)21-8-11-23(12-9-21)30(35,36)38-24-13-14-25(26(31)17-24)22-10-15-28(27(32)16-22)37-18-29(33)34/h4-18H,2-3H2,1H3. The van der Waals surface area contributed by atoms with Gasteiger partial charge in [0.2, 0.25) is 0 Å². The van der Waals surface area contributed by atoms with E-state index in [1.165, 1.54) is 23.8 Å². The highest BCUT2D eigenvalue weighted by atomic mass is 19.3. The predicted molar refractivity (Wildman–Crippen MR) is 133 cm³/mol. The summed E-state index contributed by atoms with van der Waals surface area (Å²) in [5.74, 6) is -2.87. The molecule has 0 fully saturated rings. The normalized spacial score (nSPS) is 11.2. The van der Waals surface area contributed by atoms with Crippen LogP contribution in [0.15, 0.2) is 97.3 Å². The van der Waals surface area contributed by atoms with E-state index in [0.717, 1.165) is 54.3 Å². The van der Waals surface area contributed by atoms with Crippen molar-refractivity contribution in [3.8, 4) is 33.8 Å². The molecule has 0 radical (unpaired) electrons. The lowest BCUT2D eigenvalue weighted by Crippen LogP contribution is -2.21. The topological polar surface area (TPSA) is 18.5 Å². The number of rotatable bonds is 9. The second kappa shape index (κ2) is 11.5. The van der Waals surface area contributed by atoms with E-state index in [4.69, 9.17) is 4.74 Å². The molecule has 0 unspecified atom stereocenters. The van der Waals surface area contributed by atoms with Gasteiger partial charge in [-0.05, 0) is 65.1 Å². The van der Waals surface area contributed by atoms with Crippen molar-refractivity contribution in [2.24, 2.45) is 0 Å². The third-order valence-corrected chi connectivity index (χ3v) is 5.75.